The highest BCUT2D eigenvalue weighted by Gasteiger charge is 2.41. The first-order valence-electron chi connectivity index (χ1n) is 15.0. The van der Waals surface area contributed by atoms with E-state index in [0.717, 1.165) is 70.2 Å². The molecule has 12 nitrogen and oxygen atoms in total. The second-order valence-corrected chi connectivity index (χ2v) is 12.3. The highest BCUT2D eigenvalue weighted by Crippen LogP contribution is 2.36. The summed E-state index contributed by atoms with van der Waals surface area (Å²) < 4.78 is 0. The SMILES string of the molecule is CN(C(=O)c1cc(N2CC3CN(CC4CCN(c5cnc(C=O)cn5)CC4)CC3C2)ccc1C=O)C1CCC(=O)NC1=O. The molecule has 1 aromatic carbocycles. The number of fused-ring (bicyclic) bond motifs is 1. The van der Waals surface area contributed by atoms with Gasteiger partial charge in [-0.2, -0.15) is 0 Å². The lowest BCUT2D eigenvalue weighted by atomic mass is 9.96. The second kappa shape index (κ2) is 12.2. The van der Waals surface area contributed by atoms with Crippen molar-refractivity contribution in [3.8, 4) is 0 Å². The van der Waals surface area contributed by atoms with Gasteiger partial charge in [0.15, 0.2) is 12.6 Å². The molecular weight excluding hydrogens is 550 g/mol. The van der Waals surface area contributed by atoms with Gasteiger partial charge in [0.05, 0.1) is 18.0 Å². The summed E-state index contributed by atoms with van der Waals surface area (Å²) >= 11 is 0. The van der Waals surface area contributed by atoms with Crippen LogP contribution in [0.5, 0.6) is 0 Å². The highest BCUT2D eigenvalue weighted by molar-refractivity contribution is 6.06. The topological polar surface area (TPSA) is 136 Å². The molecule has 5 heterocycles. The minimum absolute atomic E-state index is 0.175. The third-order valence-corrected chi connectivity index (χ3v) is 9.55. The molecular formula is C31H37N7O5. The van der Waals surface area contributed by atoms with Crippen molar-refractivity contribution in [2.75, 3.05) is 62.7 Å². The zero-order chi connectivity index (χ0) is 30.1. The number of nitrogens with zero attached hydrogens (tertiary/aromatic N) is 6. The number of likely N-dealkylation sites (tertiary alicyclic amines) is 1. The largest absolute Gasteiger partial charge is 0.371 e. The maximum absolute atomic E-state index is 13.4. The van der Waals surface area contributed by atoms with Crippen LogP contribution in [0, 0.1) is 17.8 Å². The predicted octanol–water partition coefficient (Wildman–Crippen LogP) is 1.26. The van der Waals surface area contributed by atoms with Crippen LogP contribution < -0.4 is 15.1 Å². The summed E-state index contributed by atoms with van der Waals surface area (Å²) in [6.45, 7) is 6.86. The van der Waals surface area contributed by atoms with Gasteiger partial charge >= 0.3 is 0 Å². The quantitative estimate of drug-likeness (QED) is 0.355. The van der Waals surface area contributed by atoms with Crippen molar-refractivity contribution in [1.29, 1.82) is 0 Å². The van der Waals surface area contributed by atoms with Gasteiger partial charge in [-0.15, -0.1) is 0 Å². The zero-order valence-electron chi connectivity index (χ0n) is 24.4. The van der Waals surface area contributed by atoms with Crippen LogP contribution in [-0.4, -0.2) is 109 Å². The Morgan fingerprint density at radius 2 is 1.72 bits per heavy atom. The second-order valence-electron chi connectivity index (χ2n) is 12.3. The monoisotopic (exact) mass is 587 g/mol. The predicted molar refractivity (Wildman–Crippen MR) is 158 cm³/mol. The summed E-state index contributed by atoms with van der Waals surface area (Å²) in [6.07, 6.45) is 7.22. The highest BCUT2D eigenvalue weighted by atomic mass is 16.2. The summed E-state index contributed by atoms with van der Waals surface area (Å²) in [5.41, 5.74) is 1.81. The van der Waals surface area contributed by atoms with Gasteiger partial charge < -0.3 is 19.6 Å². The molecule has 3 amide bonds. The van der Waals surface area contributed by atoms with Gasteiger partial charge in [0.1, 0.15) is 17.6 Å². The molecule has 4 saturated heterocycles. The molecule has 1 N–H and O–H groups in total. The van der Waals surface area contributed by atoms with E-state index < -0.39 is 17.9 Å². The maximum atomic E-state index is 13.4. The van der Waals surface area contributed by atoms with Crippen LogP contribution in [0.4, 0.5) is 11.5 Å². The van der Waals surface area contributed by atoms with Crippen molar-refractivity contribution in [3.05, 3.63) is 47.4 Å². The van der Waals surface area contributed by atoms with E-state index in [1.807, 2.05) is 6.07 Å². The number of hydrogen-bond donors (Lipinski definition) is 1. The number of piperidine rings is 2. The summed E-state index contributed by atoms with van der Waals surface area (Å²) in [6, 6.07) is 4.61. The van der Waals surface area contributed by atoms with Crippen molar-refractivity contribution in [3.63, 3.8) is 0 Å². The lowest BCUT2D eigenvalue weighted by Gasteiger charge is -2.34. The number of carbonyl (C=O) groups excluding carboxylic acids is 5. The van der Waals surface area contributed by atoms with Crippen molar-refractivity contribution in [2.24, 2.45) is 17.8 Å². The van der Waals surface area contributed by atoms with E-state index in [4.69, 9.17) is 0 Å². The lowest BCUT2D eigenvalue weighted by molar-refractivity contribution is -0.136. The smallest absolute Gasteiger partial charge is 0.255 e. The molecule has 4 aliphatic rings. The van der Waals surface area contributed by atoms with Crippen LogP contribution >= 0.6 is 0 Å². The first-order valence-corrected chi connectivity index (χ1v) is 15.0. The molecule has 43 heavy (non-hydrogen) atoms. The molecule has 3 unspecified atom stereocenters. The standard InChI is InChI=1S/C31H37N7O5/c1-35(27-4-5-29(41)34-30(27)42)31(43)26-10-25(3-2-21(26)18-39)38-16-22-14-36(15-23(22)17-38)13-20-6-8-37(9-7-20)28-12-32-24(19-40)11-33-28/h2-3,10-12,18-20,22-23,27H,4-9,13-17H2,1H3,(H,34,41,42). The number of aromatic nitrogens is 2. The lowest BCUT2D eigenvalue weighted by Crippen LogP contribution is -2.53. The molecule has 6 rings (SSSR count). The van der Waals surface area contributed by atoms with Crippen molar-refractivity contribution in [1.82, 2.24) is 25.1 Å². The number of anilines is 2. The van der Waals surface area contributed by atoms with Gasteiger partial charge in [0.25, 0.3) is 5.91 Å². The molecule has 2 aromatic rings. The zero-order valence-corrected chi connectivity index (χ0v) is 24.4. The van der Waals surface area contributed by atoms with Crippen LogP contribution in [0.2, 0.25) is 0 Å². The third-order valence-electron chi connectivity index (χ3n) is 9.55. The summed E-state index contributed by atoms with van der Waals surface area (Å²) in [5.74, 6) is 1.33. The number of carbonyl (C=O) groups is 5. The van der Waals surface area contributed by atoms with Gasteiger partial charge in [-0.25, -0.2) is 9.97 Å². The minimum Gasteiger partial charge on any atom is -0.371 e. The van der Waals surface area contributed by atoms with E-state index in [9.17, 15) is 24.0 Å². The van der Waals surface area contributed by atoms with Crippen LogP contribution in [0.1, 0.15) is 56.9 Å². The van der Waals surface area contributed by atoms with E-state index >= 15 is 0 Å². The number of benzene rings is 1. The molecule has 0 aliphatic carbocycles. The van der Waals surface area contributed by atoms with E-state index in [1.165, 1.54) is 11.1 Å². The van der Waals surface area contributed by atoms with Gasteiger partial charge in [-0.3, -0.25) is 29.3 Å². The number of hydrogen-bond acceptors (Lipinski definition) is 10. The number of amides is 3. The Morgan fingerprint density at radius 3 is 2.35 bits per heavy atom. The Bertz CT molecular complexity index is 1390. The van der Waals surface area contributed by atoms with Gasteiger partial charge in [-0.1, -0.05) is 0 Å². The van der Waals surface area contributed by atoms with Gasteiger partial charge in [0, 0.05) is 70.5 Å². The Morgan fingerprint density at radius 1 is 0.977 bits per heavy atom. The maximum Gasteiger partial charge on any atom is 0.255 e. The number of nitrogens with one attached hydrogen (secondary N) is 1. The van der Waals surface area contributed by atoms with Crippen molar-refractivity contribution in [2.45, 2.75) is 31.7 Å². The number of likely N-dealkylation sites (N-methyl/N-ethyl adjacent to an activating group) is 1. The molecule has 1 aromatic heterocycles. The molecule has 4 fully saturated rings. The van der Waals surface area contributed by atoms with Crippen LogP contribution in [0.15, 0.2) is 30.6 Å². The fourth-order valence-electron chi connectivity index (χ4n) is 7.13. The fourth-order valence-corrected chi connectivity index (χ4v) is 7.13. The molecule has 3 atom stereocenters. The third kappa shape index (κ3) is 6.01. The Labute approximate surface area is 250 Å². The molecule has 12 heteroatoms. The van der Waals surface area contributed by atoms with E-state index in [2.05, 4.69) is 30.0 Å². The Balaban J connectivity index is 1.03. The van der Waals surface area contributed by atoms with Crippen LogP contribution in [0.3, 0.4) is 0 Å². The van der Waals surface area contributed by atoms with E-state index in [0.29, 0.717) is 36.0 Å². The molecule has 4 aliphatic heterocycles. The molecule has 226 valence electrons. The first kappa shape index (κ1) is 28.9. The first-order chi connectivity index (χ1) is 20.8. The average Bonchev–Trinajstić information content (AvgIpc) is 3.59. The fraction of sp³-hybridized carbons (Fsp3) is 0.516. The Kier molecular flexibility index (Phi) is 8.20. The van der Waals surface area contributed by atoms with Crippen molar-refractivity contribution < 1.29 is 24.0 Å². The normalized spacial score (nSPS) is 24.5. The van der Waals surface area contributed by atoms with E-state index in [1.54, 1.807) is 25.4 Å². The molecule has 0 bridgehead atoms. The minimum atomic E-state index is -0.749. The van der Waals surface area contributed by atoms with Crippen LogP contribution in [-0.2, 0) is 9.59 Å². The molecule has 0 spiro atoms. The molecule has 0 saturated carbocycles. The average molecular weight is 588 g/mol. The number of rotatable bonds is 8. The summed E-state index contributed by atoms with van der Waals surface area (Å²) in [7, 11) is 1.54. The van der Waals surface area contributed by atoms with Crippen molar-refractivity contribution >= 4 is 41.8 Å². The number of imide groups is 1. The van der Waals surface area contributed by atoms with Gasteiger partial charge in [0.2, 0.25) is 11.8 Å². The van der Waals surface area contributed by atoms with Gasteiger partial charge in [-0.05, 0) is 55.2 Å². The summed E-state index contributed by atoms with van der Waals surface area (Å²) in [4.78, 5) is 77.0. The Hall–Kier alpha value is -4.19. The summed E-state index contributed by atoms with van der Waals surface area (Å²) in [5, 5.41) is 2.30. The van der Waals surface area contributed by atoms with Crippen LogP contribution in [0.25, 0.3) is 0 Å². The number of aldehydes is 2. The molecule has 0 radical (unpaired) electrons. The van der Waals surface area contributed by atoms with E-state index in [-0.39, 0.29) is 29.9 Å².